The summed E-state index contributed by atoms with van der Waals surface area (Å²) >= 11 is 0. The molecule has 0 fully saturated rings. The summed E-state index contributed by atoms with van der Waals surface area (Å²) in [6, 6.07) is 3.39. The normalized spacial score (nSPS) is 13.3. The van der Waals surface area contributed by atoms with Gasteiger partial charge < -0.3 is 20.1 Å². The summed E-state index contributed by atoms with van der Waals surface area (Å²) in [6.45, 7) is 3.58. The molecular weight excluding hydrogens is 220 g/mol. The molecule has 0 aliphatic carbocycles. The molecule has 1 aliphatic heterocycles. The highest BCUT2D eigenvalue weighted by molar-refractivity contribution is 5.71. The van der Waals surface area contributed by atoms with Crippen molar-refractivity contribution in [1.29, 1.82) is 0 Å². The van der Waals surface area contributed by atoms with E-state index in [0.717, 1.165) is 22.6 Å². The van der Waals surface area contributed by atoms with Gasteiger partial charge in [-0.2, -0.15) is 0 Å². The predicted molar refractivity (Wildman–Crippen MR) is 63.2 cm³/mol. The summed E-state index contributed by atoms with van der Waals surface area (Å²) in [7, 11) is 1.67. The summed E-state index contributed by atoms with van der Waals surface area (Å²) < 4.78 is 11.0. The van der Waals surface area contributed by atoms with Gasteiger partial charge in [-0.3, -0.25) is 0 Å². The van der Waals surface area contributed by atoms with Crippen LogP contribution >= 0.6 is 0 Å². The Hall–Kier alpha value is -1.91. The Morgan fingerprint density at radius 1 is 1.35 bits per heavy atom. The maximum Gasteiger partial charge on any atom is 0.314 e. The van der Waals surface area contributed by atoms with Gasteiger partial charge in [0.25, 0.3) is 0 Å². The third-order valence-corrected chi connectivity index (χ3v) is 2.78. The lowest BCUT2D eigenvalue weighted by molar-refractivity contribution is 0.171. The fraction of sp³-hybridized carbons (Fsp3) is 0.417. The molecule has 0 radical (unpaired) electrons. The quantitative estimate of drug-likeness (QED) is 0.841. The van der Waals surface area contributed by atoms with Crippen LogP contribution in [0.15, 0.2) is 12.1 Å². The summed E-state index contributed by atoms with van der Waals surface area (Å²) in [6.07, 6.45) is 0. The van der Waals surface area contributed by atoms with E-state index < -0.39 is 6.03 Å². The minimum atomic E-state index is -0.445. The molecule has 1 heterocycles. The molecule has 92 valence electrons. The fourth-order valence-corrected chi connectivity index (χ4v) is 1.74. The SMILES string of the molecule is Cc1cc2c(cc1CN(C)C(N)=O)OCCO2. The molecule has 0 atom stereocenters. The Bertz CT molecular complexity index is 446. The molecule has 2 N–H and O–H groups in total. The number of fused-ring (bicyclic) bond motifs is 1. The van der Waals surface area contributed by atoms with Gasteiger partial charge in [-0.05, 0) is 30.2 Å². The van der Waals surface area contributed by atoms with Crippen molar-refractivity contribution >= 4 is 6.03 Å². The van der Waals surface area contributed by atoms with Crippen LogP contribution in [-0.2, 0) is 6.54 Å². The Balaban J connectivity index is 2.25. The maximum atomic E-state index is 11.0. The van der Waals surface area contributed by atoms with Crippen LogP contribution in [0.3, 0.4) is 0 Å². The topological polar surface area (TPSA) is 64.8 Å². The zero-order valence-electron chi connectivity index (χ0n) is 10.0. The molecule has 5 heteroatoms. The van der Waals surface area contributed by atoms with E-state index in [2.05, 4.69) is 0 Å². The predicted octanol–water partition coefficient (Wildman–Crippen LogP) is 1.28. The second-order valence-corrected chi connectivity index (χ2v) is 4.12. The fourth-order valence-electron chi connectivity index (χ4n) is 1.74. The second-order valence-electron chi connectivity index (χ2n) is 4.12. The Labute approximate surface area is 100 Å². The Morgan fingerprint density at radius 2 is 1.94 bits per heavy atom. The number of hydrogen-bond donors (Lipinski definition) is 1. The van der Waals surface area contributed by atoms with E-state index in [-0.39, 0.29) is 0 Å². The number of amides is 2. The van der Waals surface area contributed by atoms with Gasteiger partial charge in [0.05, 0.1) is 0 Å². The average molecular weight is 236 g/mol. The van der Waals surface area contributed by atoms with Gasteiger partial charge in [0, 0.05) is 13.6 Å². The third kappa shape index (κ3) is 2.43. The molecule has 2 rings (SSSR count). The van der Waals surface area contributed by atoms with Crippen LogP contribution in [0.25, 0.3) is 0 Å². The molecule has 17 heavy (non-hydrogen) atoms. The number of nitrogens with zero attached hydrogens (tertiary/aromatic N) is 1. The van der Waals surface area contributed by atoms with Gasteiger partial charge in [-0.1, -0.05) is 0 Å². The van der Waals surface area contributed by atoms with Crippen molar-refractivity contribution in [2.75, 3.05) is 20.3 Å². The van der Waals surface area contributed by atoms with Crippen molar-refractivity contribution < 1.29 is 14.3 Å². The van der Waals surface area contributed by atoms with Gasteiger partial charge in [0.2, 0.25) is 0 Å². The lowest BCUT2D eigenvalue weighted by Gasteiger charge is -2.22. The van der Waals surface area contributed by atoms with Gasteiger partial charge in [-0.25, -0.2) is 4.79 Å². The second kappa shape index (κ2) is 4.53. The van der Waals surface area contributed by atoms with Gasteiger partial charge in [0.1, 0.15) is 13.2 Å². The number of ether oxygens (including phenoxy) is 2. The molecule has 0 saturated carbocycles. The molecular formula is C12H16N2O3. The van der Waals surface area contributed by atoms with E-state index in [4.69, 9.17) is 15.2 Å². The average Bonchev–Trinajstić information content (AvgIpc) is 2.29. The van der Waals surface area contributed by atoms with Crippen LogP contribution in [0.5, 0.6) is 11.5 Å². The summed E-state index contributed by atoms with van der Waals surface area (Å²) in [5.74, 6) is 1.49. The first kappa shape index (κ1) is 11.6. The Kier molecular flexibility index (Phi) is 3.08. The molecule has 2 amide bonds. The smallest absolute Gasteiger partial charge is 0.314 e. The van der Waals surface area contributed by atoms with E-state index in [1.807, 2.05) is 19.1 Å². The van der Waals surface area contributed by atoms with E-state index in [9.17, 15) is 4.79 Å². The number of urea groups is 1. The lowest BCUT2D eigenvalue weighted by atomic mass is 10.1. The van der Waals surface area contributed by atoms with E-state index in [1.165, 1.54) is 4.90 Å². The minimum absolute atomic E-state index is 0.445. The van der Waals surface area contributed by atoms with Crippen LogP contribution in [0.4, 0.5) is 4.79 Å². The summed E-state index contributed by atoms with van der Waals surface area (Å²) in [4.78, 5) is 12.5. The summed E-state index contributed by atoms with van der Waals surface area (Å²) in [5, 5.41) is 0. The standard InChI is InChI=1S/C12H16N2O3/c1-8-5-10-11(17-4-3-16-10)6-9(8)7-14(2)12(13)15/h5-6H,3-4,7H2,1-2H3,(H2,13,15). The number of nitrogens with two attached hydrogens (primary N) is 1. The van der Waals surface area contributed by atoms with Crippen molar-refractivity contribution in [1.82, 2.24) is 4.90 Å². The number of rotatable bonds is 2. The van der Waals surface area contributed by atoms with Gasteiger partial charge >= 0.3 is 6.03 Å². The molecule has 0 aromatic heterocycles. The largest absolute Gasteiger partial charge is 0.486 e. The number of primary amides is 1. The van der Waals surface area contributed by atoms with E-state index in [0.29, 0.717) is 19.8 Å². The third-order valence-electron chi connectivity index (χ3n) is 2.78. The molecule has 1 aromatic carbocycles. The molecule has 0 saturated heterocycles. The van der Waals surface area contributed by atoms with Gasteiger partial charge in [-0.15, -0.1) is 0 Å². The van der Waals surface area contributed by atoms with Crippen molar-refractivity contribution in [3.8, 4) is 11.5 Å². The zero-order chi connectivity index (χ0) is 12.4. The number of hydrogen-bond acceptors (Lipinski definition) is 3. The first-order chi connectivity index (χ1) is 8.08. The van der Waals surface area contributed by atoms with Crippen LogP contribution in [0.1, 0.15) is 11.1 Å². The van der Waals surface area contributed by atoms with Crippen LogP contribution < -0.4 is 15.2 Å². The molecule has 5 nitrogen and oxygen atoms in total. The van der Waals surface area contributed by atoms with Crippen molar-refractivity contribution in [2.45, 2.75) is 13.5 Å². The van der Waals surface area contributed by atoms with Crippen molar-refractivity contribution in [3.63, 3.8) is 0 Å². The maximum absolute atomic E-state index is 11.0. The number of aryl methyl sites for hydroxylation is 1. The molecule has 1 aromatic rings. The Morgan fingerprint density at radius 3 is 2.53 bits per heavy atom. The number of benzene rings is 1. The summed E-state index contributed by atoms with van der Waals surface area (Å²) in [5.41, 5.74) is 7.27. The highest BCUT2D eigenvalue weighted by Crippen LogP contribution is 2.33. The zero-order valence-corrected chi connectivity index (χ0v) is 10.0. The van der Waals surface area contributed by atoms with Crippen LogP contribution in [0, 0.1) is 6.92 Å². The van der Waals surface area contributed by atoms with Crippen molar-refractivity contribution in [2.24, 2.45) is 5.73 Å². The van der Waals surface area contributed by atoms with E-state index >= 15 is 0 Å². The van der Waals surface area contributed by atoms with Crippen LogP contribution in [-0.4, -0.2) is 31.2 Å². The number of carbonyl (C=O) groups excluding carboxylic acids is 1. The highest BCUT2D eigenvalue weighted by atomic mass is 16.6. The first-order valence-corrected chi connectivity index (χ1v) is 5.47. The number of carbonyl (C=O) groups is 1. The molecule has 1 aliphatic rings. The molecule has 0 unspecified atom stereocenters. The highest BCUT2D eigenvalue weighted by Gasteiger charge is 2.15. The van der Waals surface area contributed by atoms with Crippen LogP contribution in [0.2, 0.25) is 0 Å². The molecule has 0 bridgehead atoms. The first-order valence-electron chi connectivity index (χ1n) is 5.47. The van der Waals surface area contributed by atoms with E-state index in [1.54, 1.807) is 7.05 Å². The molecule has 0 spiro atoms. The van der Waals surface area contributed by atoms with Crippen molar-refractivity contribution in [3.05, 3.63) is 23.3 Å². The lowest BCUT2D eigenvalue weighted by Crippen LogP contribution is -2.31. The van der Waals surface area contributed by atoms with Gasteiger partial charge in [0.15, 0.2) is 11.5 Å². The monoisotopic (exact) mass is 236 g/mol. The minimum Gasteiger partial charge on any atom is -0.486 e.